The molecule has 1 atom stereocenters. The van der Waals surface area contributed by atoms with Gasteiger partial charge < -0.3 is 10.2 Å². The fourth-order valence-electron chi connectivity index (χ4n) is 3.15. The van der Waals surface area contributed by atoms with Gasteiger partial charge in [0.05, 0.1) is 0 Å². The van der Waals surface area contributed by atoms with Crippen LogP contribution in [0.2, 0.25) is 0 Å². The first-order valence-electron chi connectivity index (χ1n) is 8.69. The third-order valence-corrected chi connectivity index (χ3v) is 5.27. The van der Waals surface area contributed by atoms with E-state index in [1.54, 1.807) is 0 Å². The van der Waals surface area contributed by atoms with Crippen LogP contribution in [0.1, 0.15) is 6.92 Å². The highest BCUT2D eigenvalue weighted by atomic mass is 32.1. The Morgan fingerprint density at radius 1 is 1.15 bits per heavy atom. The normalized spacial score (nSPS) is 16.7. The molecule has 0 radical (unpaired) electrons. The van der Waals surface area contributed by atoms with Gasteiger partial charge in [-0.05, 0) is 19.1 Å². The van der Waals surface area contributed by atoms with Gasteiger partial charge in [-0.25, -0.2) is 9.97 Å². The zero-order valence-corrected chi connectivity index (χ0v) is 15.4. The molecular formula is C17H21N7OS. The number of piperazine rings is 1. The van der Waals surface area contributed by atoms with Gasteiger partial charge in [0.1, 0.15) is 5.82 Å². The summed E-state index contributed by atoms with van der Waals surface area (Å²) in [6.07, 6.45) is 3.36. The molecule has 4 rings (SSSR count). The van der Waals surface area contributed by atoms with Crippen molar-refractivity contribution in [2.75, 3.05) is 42.9 Å². The second kappa shape index (κ2) is 7.38. The SMILES string of the molecule is CC(CN1CCN(c2ccccn2)CC1)Nc1nn2c(=O)ccnc2s1. The maximum Gasteiger partial charge on any atom is 0.275 e. The fraction of sp³-hybridized carbons (Fsp3) is 0.412. The van der Waals surface area contributed by atoms with Crippen LogP contribution in [0.3, 0.4) is 0 Å². The zero-order valence-electron chi connectivity index (χ0n) is 14.6. The Hall–Kier alpha value is -2.52. The third-order valence-electron chi connectivity index (χ3n) is 4.42. The smallest absolute Gasteiger partial charge is 0.275 e. The van der Waals surface area contributed by atoms with Crippen molar-refractivity contribution in [3.8, 4) is 0 Å². The lowest BCUT2D eigenvalue weighted by atomic mass is 10.2. The minimum absolute atomic E-state index is 0.155. The van der Waals surface area contributed by atoms with Gasteiger partial charge in [0.15, 0.2) is 0 Å². The summed E-state index contributed by atoms with van der Waals surface area (Å²) in [4.78, 5) is 25.7. The quantitative estimate of drug-likeness (QED) is 0.721. The molecule has 136 valence electrons. The number of hydrogen-bond acceptors (Lipinski definition) is 8. The number of nitrogens with one attached hydrogen (secondary N) is 1. The minimum Gasteiger partial charge on any atom is -0.356 e. The van der Waals surface area contributed by atoms with Crippen LogP contribution in [-0.4, -0.2) is 63.2 Å². The Balaban J connectivity index is 1.32. The Bertz CT molecular complexity index is 918. The number of pyridine rings is 1. The van der Waals surface area contributed by atoms with Gasteiger partial charge in [-0.1, -0.05) is 17.4 Å². The highest BCUT2D eigenvalue weighted by Crippen LogP contribution is 2.17. The molecule has 1 unspecified atom stereocenters. The van der Waals surface area contributed by atoms with E-state index in [1.807, 2.05) is 18.3 Å². The zero-order chi connectivity index (χ0) is 17.9. The summed E-state index contributed by atoms with van der Waals surface area (Å²) in [6.45, 7) is 7.02. The molecule has 1 aliphatic rings. The average Bonchev–Trinajstić information content (AvgIpc) is 3.07. The first kappa shape index (κ1) is 16.9. The number of aromatic nitrogens is 4. The van der Waals surface area contributed by atoms with E-state index in [1.165, 1.54) is 28.1 Å². The van der Waals surface area contributed by atoms with Gasteiger partial charge >= 0.3 is 0 Å². The minimum atomic E-state index is -0.155. The Labute approximate surface area is 155 Å². The summed E-state index contributed by atoms with van der Waals surface area (Å²) in [6, 6.07) is 7.68. The second-order valence-electron chi connectivity index (χ2n) is 6.41. The van der Waals surface area contributed by atoms with Crippen LogP contribution in [-0.2, 0) is 0 Å². The summed E-state index contributed by atoms with van der Waals surface area (Å²) < 4.78 is 1.34. The first-order valence-corrected chi connectivity index (χ1v) is 9.50. The molecule has 0 aromatic carbocycles. The number of nitrogens with zero attached hydrogens (tertiary/aromatic N) is 6. The molecule has 9 heteroatoms. The van der Waals surface area contributed by atoms with Crippen LogP contribution >= 0.6 is 11.3 Å². The molecule has 3 aromatic rings. The predicted molar refractivity (Wildman–Crippen MR) is 103 cm³/mol. The molecule has 1 N–H and O–H groups in total. The molecule has 4 heterocycles. The summed E-state index contributed by atoms with van der Waals surface area (Å²) in [7, 11) is 0. The Kier molecular flexibility index (Phi) is 4.81. The summed E-state index contributed by atoms with van der Waals surface area (Å²) >= 11 is 1.39. The molecule has 1 aliphatic heterocycles. The van der Waals surface area contributed by atoms with Gasteiger partial charge in [0.25, 0.3) is 5.56 Å². The molecule has 0 bridgehead atoms. The van der Waals surface area contributed by atoms with E-state index in [4.69, 9.17) is 0 Å². The van der Waals surface area contributed by atoms with Crippen molar-refractivity contribution in [3.63, 3.8) is 0 Å². The van der Waals surface area contributed by atoms with Gasteiger partial charge in [0.2, 0.25) is 10.1 Å². The van der Waals surface area contributed by atoms with Gasteiger partial charge in [-0.3, -0.25) is 9.69 Å². The highest BCUT2D eigenvalue weighted by Gasteiger charge is 2.19. The van der Waals surface area contributed by atoms with Crippen LogP contribution in [0.25, 0.3) is 4.96 Å². The van der Waals surface area contributed by atoms with E-state index >= 15 is 0 Å². The van der Waals surface area contributed by atoms with E-state index in [-0.39, 0.29) is 11.6 Å². The molecule has 8 nitrogen and oxygen atoms in total. The summed E-state index contributed by atoms with van der Waals surface area (Å²) in [5, 5.41) is 8.42. The lowest BCUT2D eigenvalue weighted by Gasteiger charge is -2.36. The topological polar surface area (TPSA) is 78.7 Å². The third kappa shape index (κ3) is 3.68. The number of hydrogen-bond donors (Lipinski definition) is 1. The molecule has 3 aromatic heterocycles. The molecule has 0 aliphatic carbocycles. The van der Waals surface area contributed by atoms with Crippen LogP contribution < -0.4 is 15.8 Å². The van der Waals surface area contributed by atoms with Crippen LogP contribution in [0, 0.1) is 0 Å². The largest absolute Gasteiger partial charge is 0.356 e. The van der Waals surface area contributed by atoms with Crippen molar-refractivity contribution < 1.29 is 0 Å². The van der Waals surface area contributed by atoms with E-state index in [0.717, 1.165) is 43.7 Å². The van der Waals surface area contributed by atoms with Crippen molar-refractivity contribution in [2.24, 2.45) is 0 Å². The van der Waals surface area contributed by atoms with Crippen LogP contribution in [0.4, 0.5) is 10.9 Å². The predicted octanol–water partition coefficient (Wildman–Crippen LogP) is 1.17. The van der Waals surface area contributed by atoms with E-state index < -0.39 is 0 Å². The van der Waals surface area contributed by atoms with Crippen LogP contribution in [0.5, 0.6) is 0 Å². The number of rotatable bonds is 5. The molecule has 26 heavy (non-hydrogen) atoms. The second-order valence-corrected chi connectivity index (χ2v) is 7.36. The monoisotopic (exact) mass is 371 g/mol. The maximum absolute atomic E-state index is 11.8. The molecule has 1 fully saturated rings. The lowest BCUT2D eigenvalue weighted by molar-refractivity contribution is 0.250. The number of anilines is 2. The van der Waals surface area contributed by atoms with Crippen molar-refractivity contribution in [1.29, 1.82) is 0 Å². The maximum atomic E-state index is 11.8. The molecule has 1 saturated heterocycles. The van der Waals surface area contributed by atoms with Crippen LogP contribution in [0.15, 0.2) is 41.5 Å². The van der Waals surface area contributed by atoms with Crippen molar-refractivity contribution in [3.05, 3.63) is 47.0 Å². The first-order chi connectivity index (χ1) is 12.7. The fourth-order valence-corrected chi connectivity index (χ4v) is 4.03. The van der Waals surface area contributed by atoms with Gasteiger partial charge in [0, 0.05) is 57.2 Å². The molecular weight excluding hydrogens is 350 g/mol. The molecule has 0 amide bonds. The summed E-state index contributed by atoms with van der Waals surface area (Å²) in [5.74, 6) is 1.05. The van der Waals surface area contributed by atoms with Gasteiger partial charge in [-0.15, -0.1) is 5.10 Å². The average molecular weight is 371 g/mol. The van der Waals surface area contributed by atoms with Crippen molar-refractivity contribution in [1.82, 2.24) is 24.5 Å². The lowest BCUT2D eigenvalue weighted by Crippen LogP contribution is -2.49. The Morgan fingerprint density at radius 3 is 2.73 bits per heavy atom. The molecule has 0 saturated carbocycles. The van der Waals surface area contributed by atoms with E-state index in [9.17, 15) is 4.79 Å². The van der Waals surface area contributed by atoms with Gasteiger partial charge in [-0.2, -0.15) is 4.52 Å². The highest BCUT2D eigenvalue weighted by molar-refractivity contribution is 7.20. The van der Waals surface area contributed by atoms with E-state index in [2.05, 4.69) is 43.2 Å². The van der Waals surface area contributed by atoms with Crippen molar-refractivity contribution >= 4 is 27.2 Å². The van der Waals surface area contributed by atoms with Crippen molar-refractivity contribution in [2.45, 2.75) is 13.0 Å². The Morgan fingerprint density at radius 2 is 2.00 bits per heavy atom. The number of fused-ring (bicyclic) bond motifs is 1. The van der Waals surface area contributed by atoms with E-state index in [0.29, 0.717) is 4.96 Å². The summed E-state index contributed by atoms with van der Waals surface area (Å²) in [5.41, 5.74) is -0.155. The standard InChI is InChI=1S/C17H21N7OS/c1-13(20-16-21-24-15(25)5-7-19-17(24)26-16)12-22-8-10-23(11-9-22)14-4-2-3-6-18-14/h2-7,13H,8-12H2,1H3,(H,20,21). The molecule has 0 spiro atoms.